The van der Waals surface area contributed by atoms with Crippen molar-refractivity contribution in [3.63, 3.8) is 0 Å². The Balaban J connectivity index is 1.61. The van der Waals surface area contributed by atoms with Crippen molar-refractivity contribution in [2.75, 3.05) is 13.2 Å². The molecule has 1 heterocycles. The zero-order valence-corrected chi connectivity index (χ0v) is 15.6. The molecule has 2 N–H and O–H groups in total. The van der Waals surface area contributed by atoms with Crippen molar-refractivity contribution in [2.24, 2.45) is 13.0 Å². The van der Waals surface area contributed by atoms with Crippen LogP contribution in [0.1, 0.15) is 47.3 Å². The summed E-state index contributed by atoms with van der Waals surface area (Å²) in [6.07, 6.45) is 4.03. The molecule has 1 unspecified atom stereocenters. The number of ether oxygens (including phenoxy) is 1. The lowest BCUT2D eigenvalue weighted by atomic mass is 9.99. The Labute approximate surface area is 158 Å². The second-order valence-corrected chi connectivity index (χ2v) is 6.87. The fourth-order valence-corrected chi connectivity index (χ4v) is 3.19. The molecule has 1 atom stereocenters. The number of aromatic nitrogens is 2. The molecule has 144 valence electrons. The average molecular weight is 371 g/mol. The van der Waals surface area contributed by atoms with Crippen molar-refractivity contribution >= 4 is 11.9 Å². The van der Waals surface area contributed by atoms with Gasteiger partial charge in [-0.1, -0.05) is 12.1 Å². The maximum Gasteiger partial charge on any atom is 0.308 e. The number of rotatable bonds is 9. The van der Waals surface area contributed by atoms with Gasteiger partial charge in [-0.05, 0) is 43.9 Å². The molecule has 1 aromatic carbocycles. The minimum atomic E-state index is -0.933. The van der Waals surface area contributed by atoms with Crippen molar-refractivity contribution in [1.29, 1.82) is 0 Å². The SMILES string of the molecule is CCOc1ccc(CC(CNC(=O)c2cnn(C)c2C2CC2)C(=O)O)cc1. The highest BCUT2D eigenvalue weighted by atomic mass is 16.5. The number of carbonyl (C=O) groups is 2. The number of hydrogen-bond acceptors (Lipinski definition) is 4. The van der Waals surface area contributed by atoms with Crippen molar-refractivity contribution in [2.45, 2.75) is 32.1 Å². The summed E-state index contributed by atoms with van der Waals surface area (Å²) in [6.45, 7) is 2.56. The summed E-state index contributed by atoms with van der Waals surface area (Å²) >= 11 is 0. The van der Waals surface area contributed by atoms with E-state index in [2.05, 4.69) is 10.4 Å². The minimum absolute atomic E-state index is 0.0698. The molecule has 0 saturated heterocycles. The van der Waals surface area contributed by atoms with E-state index in [9.17, 15) is 14.7 Å². The van der Waals surface area contributed by atoms with Crippen LogP contribution < -0.4 is 10.1 Å². The van der Waals surface area contributed by atoms with Gasteiger partial charge in [0.15, 0.2) is 0 Å². The summed E-state index contributed by atoms with van der Waals surface area (Å²) in [7, 11) is 1.83. The monoisotopic (exact) mass is 371 g/mol. The fraction of sp³-hybridized carbons (Fsp3) is 0.450. The van der Waals surface area contributed by atoms with Gasteiger partial charge >= 0.3 is 5.97 Å². The highest BCUT2D eigenvalue weighted by Gasteiger charge is 2.31. The second kappa shape index (κ2) is 8.24. The number of nitrogens with one attached hydrogen (secondary N) is 1. The molecule has 2 aromatic rings. The van der Waals surface area contributed by atoms with Crippen LogP contribution in [-0.2, 0) is 18.3 Å². The lowest BCUT2D eigenvalue weighted by Crippen LogP contribution is -2.34. The van der Waals surface area contributed by atoms with Crippen LogP contribution in [0.15, 0.2) is 30.5 Å². The van der Waals surface area contributed by atoms with Crippen LogP contribution in [-0.4, -0.2) is 39.9 Å². The Morgan fingerprint density at radius 2 is 2.04 bits per heavy atom. The molecule has 0 bridgehead atoms. The Kier molecular flexibility index (Phi) is 5.78. The lowest BCUT2D eigenvalue weighted by Gasteiger charge is -2.14. The van der Waals surface area contributed by atoms with Gasteiger partial charge in [0.1, 0.15) is 5.75 Å². The Morgan fingerprint density at radius 1 is 1.33 bits per heavy atom. The number of carbonyl (C=O) groups excluding carboxylic acids is 1. The molecule has 0 spiro atoms. The van der Waals surface area contributed by atoms with Gasteiger partial charge in [0.05, 0.1) is 30.0 Å². The normalized spacial score (nSPS) is 14.6. The van der Waals surface area contributed by atoms with Crippen molar-refractivity contribution in [3.8, 4) is 5.75 Å². The molecule has 7 nitrogen and oxygen atoms in total. The quantitative estimate of drug-likeness (QED) is 0.706. The number of carboxylic acid groups (broad SMARTS) is 1. The van der Waals surface area contributed by atoms with Gasteiger partial charge in [-0.15, -0.1) is 0 Å². The highest BCUT2D eigenvalue weighted by Crippen LogP contribution is 2.41. The molecule has 1 aliphatic carbocycles. The smallest absolute Gasteiger partial charge is 0.308 e. The van der Waals surface area contributed by atoms with Gasteiger partial charge in [-0.25, -0.2) is 0 Å². The molecular formula is C20H25N3O4. The maximum atomic E-state index is 12.5. The number of aliphatic carboxylic acids is 1. The summed E-state index contributed by atoms with van der Waals surface area (Å²) in [6, 6.07) is 7.37. The molecule has 1 aromatic heterocycles. The minimum Gasteiger partial charge on any atom is -0.494 e. The van der Waals surface area contributed by atoms with Crippen molar-refractivity contribution in [1.82, 2.24) is 15.1 Å². The number of hydrogen-bond donors (Lipinski definition) is 2. The summed E-state index contributed by atoms with van der Waals surface area (Å²) in [5.74, 6) is -0.753. The van der Waals surface area contributed by atoms with Crippen LogP contribution in [0.3, 0.4) is 0 Å². The number of carboxylic acids is 1. The predicted octanol–water partition coefficient (Wildman–Crippen LogP) is 2.37. The first kappa shape index (κ1) is 18.9. The first-order valence-electron chi connectivity index (χ1n) is 9.24. The van der Waals surface area contributed by atoms with Gasteiger partial charge in [-0.3, -0.25) is 14.3 Å². The summed E-state index contributed by atoms with van der Waals surface area (Å²) in [5, 5.41) is 16.5. The maximum absolute atomic E-state index is 12.5. The average Bonchev–Trinajstić information content (AvgIpc) is 3.41. The van der Waals surface area contributed by atoms with E-state index in [4.69, 9.17) is 4.74 Å². The lowest BCUT2D eigenvalue weighted by molar-refractivity contribution is -0.141. The number of amides is 1. The molecule has 7 heteroatoms. The fourth-order valence-electron chi connectivity index (χ4n) is 3.19. The third-order valence-corrected chi connectivity index (χ3v) is 4.77. The zero-order chi connectivity index (χ0) is 19.4. The van der Waals surface area contributed by atoms with Gasteiger partial charge in [0.2, 0.25) is 0 Å². The van der Waals surface area contributed by atoms with E-state index in [0.717, 1.165) is 29.8 Å². The standard InChI is InChI=1S/C20H25N3O4/c1-3-27-16-8-4-13(5-9-16)10-15(20(25)26)11-21-19(24)17-12-22-23(2)18(17)14-6-7-14/h4-5,8-9,12,14-15H,3,6-7,10-11H2,1-2H3,(H,21,24)(H,25,26). The van der Waals surface area contributed by atoms with E-state index in [1.165, 1.54) is 0 Å². The molecule has 0 aliphatic heterocycles. The topological polar surface area (TPSA) is 93.5 Å². The molecule has 27 heavy (non-hydrogen) atoms. The van der Waals surface area contributed by atoms with E-state index in [0.29, 0.717) is 24.5 Å². The van der Waals surface area contributed by atoms with Gasteiger partial charge < -0.3 is 15.2 Å². The molecular weight excluding hydrogens is 346 g/mol. The second-order valence-electron chi connectivity index (χ2n) is 6.87. The first-order chi connectivity index (χ1) is 13.0. The van der Waals surface area contributed by atoms with E-state index >= 15 is 0 Å². The Bertz CT molecular complexity index is 809. The van der Waals surface area contributed by atoms with E-state index in [-0.39, 0.29) is 12.5 Å². The van der Waals surface area contributed by atoms with Crippen LogP contribution in [0, 0.1) is 5.92 Å². The third kappa shape index (κ3) is 4.67. The Hall–Kier alpha value is -2.83. The molecule has 0 radical (unpaired) electrons. The highest BCUT2D eigenvalue weighted by molar-refractivity contribution is 5.95. The number of benzene rings is 1. The van der Waals surface area contributed by atoms with Crippen LogP contribution >= 0.6 is 0 Å². The predicted molar refractivity (Wildman–Crippen MR) is 100.0 cm³/mol. The van der Waals surface area contributed by atoms with Crippen molar-refractivity contribution in [3.05, 3.63) is 47.3 Å². The van der Waals surface area contributed by atoms with Crippen LogP contribution in [0.4, 0.5) is 0 Å². The van der Waals surface area contributed by atoms with Crippen LogP contribution in [0.25, 0.3) is 0 Å². The van der Waals surface area contributed by atoms with Gasteiger partial charge in [0, 0.05) is 19.5 Å². The molecule has 1 aliphatic rings. The summed E-state index contributed by atoms with van der Waals surface area (Å²) < 4.78 is 7.13. The van der Waals surface area contributed by atoms with E-state index in [1.54, 1.807) is 10.9 Å². The van der Waals surface area contributed by atoms with E-state index in [1.807, 2.05) is 38.2 Å². The van der Waals surface area contributed by atoms with Crippen molar-refractivity contribution < 1.29 is 19.4 Å². The van der Waals surface area contributed by atoms with E-state index < -0.39 is 11.9 Å². The first-order valence-corrected chi connectivity index (χ1v) is 9.24. The largest absolute Gasteiger partial charge is 0.494 e. The van der Waals surface area contributed by atoms with Gasteiger partial charge in [0.25, 0.3) is 5.91 Å². The molecule has 1 fully saturated rings. The van der Waals surface area contributed by atoms with Crippen LogP contribution in [0.5, 0.6) is 5.75 Å². The van der Waals surface area contributed by atoms with Gasteiger partial charge in [-0.2, -0.15) is 5.10 Å². The molecule has 1 amide bonds. The Morgan fingerprint density at radius 3 is 2.63 bits per heavy atom. The molecule has 1 saturated carbocycles. The number of nitrogens with zero attached hydrogens (tertiary/aromatic N) is 2. The van der Waals surface area contributed by atoms with Crippen LogP contribution in [0.2, 0.25) is 0 Å². The number of aryl methyl sites for hydroxylation is 1. The summed E-state index contributed by atoms with van der Waals surface area (Å²) in [4.78, 5) is 24.2. The zero-order valence-electron chi connectivity index (χ0n) is 15.6. The third-order valence-electron chi connectivity index (χ3n) is 4.77. The summed E-state index contributed by atoms with van der Waals surface area (Å²) in [5.41, 5.74) is 2.37. The molecule has 3 rings (SSSR count).